The zero-order valence-electron chi connectivity index (χ0n) is 19.2. The summed E-state index contributed by atoms with van der Waals surface area (Å²) < 4.78 is 5.48. The highest BCUT2D eigenvalue weighted by Crippen LogP contribution is 2.46. The van der Waals surface area contributed by atoms with Crippen molar-refractivity contribution in [1.82, 2.24) is 0 Å². The van der Waals surface area contributed by atoms with Gasteiger partial charge in [0.15, 0.2) is 5.78 Å². The van der Waals surface area contributed by atoms with E-state index in [1.165, 1.54) is 0 Å². The zero-order valence-corrected chi connectivity index (χ0v) is 20.1. The largest absolute Gasteiger partial charge is 0.481 e. The molecule has 6 heteroatoms. The Morgan fingerprint density at radius 1 is 0.706 bits per heavy atom. The SMILES string of the molecule is CCOC(=O)C(C(=O)CCCCC(=O)O)=P(c1ccccc1)(c1ccccc1)c1ccccc1. The van der Waals surface area contributed by atoms with E-state index >= 15 is 0 Å². The van der Waals surface area contributed by atoms with Crippen molar-refractivity contribution >= 4 is 45.8 Å². The van der Waals surface area contributed by atoms with E-state index in [1.807, 2.05) is 91.0 Å². The molecule has 0 spiro atoms. The van der Waals surface area contributed by atoms with Crippen LogP contribution < -0.4 is 15.9 Å². The molecule has 0 fully saturated rings. The summed E-state index contributed by atoms with van der Waals surface area (Å²) in [4.78, 5) is 38.3. The number of hydrogen-bond acceptors (Lipinski definition) is 4. The molecule has 0 saturated carbocycles. The van der Waals surface area contributed by atoms with Crippen LogP contribution in [0.1, 0.15) is 32.6 Å². The predicted molar refractivity (Wildman–Crippen MR) is 138 cm³/mol. The molecule has 176 valence electrons. The number of Topliss-reactive ketones (excluding diaryl/α,β-unsaturated/α-hetero) is 1. The van der Waals surface area contributed by atoms with Crippen molar-refractivity contribution in [1.29, 1.82) is 0 Å². The number of rotatable bonds is 11. The number of benzene rings is 3. The van der Waals surface area contributed by atoms with Gasteiger partial charge >= 0.3 is 11.9 Å². The van der Waals surface area contributed by atoms with Gasteiger partial charge in [-0.3, -0.25) is 9.59 Å². The Morgan fingerprint density at radius 3 is 1.50 bits per heavy atom. The van der Waals surface area contributed by atoms with Gasteiger partial charge in [-0.05, 0) is 42.6 Å². The molecule has 0 aromatic heterocycles. The molecule has 3 aromatic rings. The molecule has 0 aliphatic carbocycles. The van der Waals surface area contributed by atoms with Crippen LogP contribution in [-0.2, 0) is 19.1 Å². The lowest BCUT2D eigenvalue weighted by atomic mass is 10.1. The smallest absolute Gasteiger partial charge is 0.342 e. The topological polar surface area (TPSA) is 80.7 Å². The molecule has 34 heavy (non-hydrogen) atoms. The van der Waals surface area contributed by atoms with Crippen LogP contribution in [0.2, 0.25) is 0 Å². The lowest BCUT2D eigenvalue weighted by Gasteiger charge is -2.31. The average Bonchev–Trinajstić information content (AvgIpc) is 2.86. The molecule has 0 atom stereocenters. The molecule has 0 radical (unpaired) electrons. The Labute approximate surface area is 200 Å². The van der Waals surface area contributed by atoms with E-state index in [0.29, 0.717) is 12.8 Å². The molecule has 1 N–H and O–H groups in total. The van der Waals surface area contributed by atoms with Crippen molar-refractivity contribution in [2.45, 2.75) is 32.6 Å². The molecule has 3 rings (SSSR count). The Kier molecular flexibility index (Phi) is 9.00. The van der Waals surface area contributed by atoms with Gasteiger partial charge in [-0.25, -0.2) is 4.79 Å². The third-order valence-electron chi connectivity index (χ3n) is 5.54. The monoisotopic (exact) mass is 476 g/mol. The molecule has 0 heterocycles. The molecule has 5 nitrogen and oxygen atoms in total. The van der Waals surface area contributed by atoms with E-state index in [2.05, 4.69) is 0 Å². The molecule has 0 saturated heterocycles. The summed E-state index contributed by atoms with van der Waals surface area (Å²) in [6, 6.07) is 29.0. The highest BCUT2D eigenvalue weighted by Gasteiger charge is 2.37. The van der Waals surface area contributed by atoms with Gasteiger partial charge in [0.2, 0.25) is 0 Å². The molecule has 3 aromatic carbocycles. The average molecular weight is 477 g/mol. The van der Waals surface area contributed by atoms with Crippen LogP contribution in [0.4, 0.5) is 0 Å². The van der Waals surface area contributed by atoms with Gasteiger partial charge in [-0.1, -0.05) is 91.0 Å². The standard InChI is InChI=1S/C28H29O5P/c1-2-33-28(32)27(25(29)20-12-13-21-26(30)31)34(22-14-6-3-7-15-22,23-16-8-4-9-17-23)24-18-10-5-11-19-24/h3-11,14-19H,2,12-13,20-21H2,1H3,(H,30,31). The summed E-state index contributed by atoms with van der Waals surface area (Å²) in [6.07, 6.45) is 0.811. The Morgan fingerprint density at radius 2 is 1.12 bits per heavy atom. The lowest BCUT2D eigenvalue weighted by molar-refractivity contribution is -0.138. The van der Waals surface area contributed by atoms with Gasteiger partial charge in [0.05, 0.1) is 6.61 Å². The summed E-state index contributed by atoms with van der Waals surface area (Å²) in [5.74, 6) is -1.81. The number of carbonyl (C=O) groups excluding carboxylic acids is 2. The minimum Gasteiger partial charge on any atom is -0.481 e. The van der Waals surface area contributed by atoms with E-state index in [-0.39, 0.29) is 30.5 Å². The lowest BCUT2D eigenvalue weighted by Crippen LogP contribution is -2.38. The summed E-state index contributed by atoms with van der Waals surface area (Å²) in [5, 5.41) is 11.8. The molecule has 0 aliphatic heterocycles. The quantitative estimate of drug-likeness (QED) is 0.196. The van der Waals surface area contributed by atoms with Crippen LogP contribution in [0.25, 0.3) is 0 Å². The number of ether oxygens (including phenoxy) is 1. The van der Waals surface area contributed by atoms with E-state index < -0.39 is 18.8 Å². The summed E-state index contributed by atoms with van der Waals surface area (Å²) in [7, 11) is 0. The number of unbranched alkanes of at least 4 members (excludes halogenated alkanes) is 1. The third-order valence-corrected chi connectivity index (χ3v) is 9.86. The summed E-state index contributed by atoms with van der Waals surface area (Å²) >= 11 is 0. The Hall–Kier alpha value is -3.43. The van der Waals surface area contributed by atoms with Gasteiger partial charge in [0, 0.05) is 12.8 Å². The van der Waals surface area contributed by atoms with E-state index in [9.17, 15) is 14.4 Å². The Bertz CT molecular complexity index is 1070. The first-order valence-electron chi connectivity index (χ1n) is 11.4. The van der Waals surface area contributed by atoms with Crippen LogP contribution >= 0.6 is 6.89 Å². The number of carboxylic acid groups (broad SMARTS) is 1. The first kappa shape index (κ1) is 25.2. The van der Waals surface area contributed by atoms with Crippen LogP contribution in [0.15, 0.2) is 91.0 Å². The fourth-order valence-corrected chi connectivity index (χ4v) is 8.46. The fraction of sp³-hybridized carbons (Fsp3) is 0.214. The second kappa shape index (κ2) is 12.2. The zero-order chi connectivity index (χ0) is 24.4. The summed E-state index contributed by atoms with van der Waals surface area (Å²) in [5.41, 5.74) is 0. The van der Waals surface area contributed by atoms with Gasteiger partial charge in [-0.2, -0.15) is 0 Å². The number of hydrogen-bond donors (Lipinski definition) is 1. The minimum atomic E-state index is -2.90. The van der Waals surface area contributed by atoms with Crippen molar-refractivity contribution in [2.75, 3.05) is 6.61 Å². The summed E-state index contributed by atoms with van der Waals surface area (Å²) in [6.45, 7) is -1.03. The van der Waals surface area contributed by atoms with E-state index in [4.69, 9.17) is 9.84 Å². The number of carboxylic acids is 1. The van der Waals surface area contributed by atoms with Gasteiger partial charge in [0.25, 0.3) is 0 Å². The highest BCUT2D eigenvalue weighted by molar-refractivity contribution is 7.97. The number of ketones is 1. The normalized spacial score (nSPS) is 11.0. The highest BCUT2D eigenvalue weighted by atomic mass is 31.2. The second-order valence-corrected chi connectivity index (χ2v) is 11.1. The number of carbonyl (C=O) groups is 3. The van der Waals surface area contributed by atoms with Gasteiger partial charge in [0.1, 0.15) is 5.29 Å². The molecule has 0 amide bonds. The van der Waals surface area contributed by atoms with Crippen molar-refractivity contribution in [3.63, 3.8) is 0 Å². The van der Waals surface area contributed by atoms with Crippen molar-refractivity contribution in [3.8, 4) is 0 Å². The minimum absolute atomic E-state index is 0.0155. The van der Waals surface area contributed by atoms with Crippen LogP contribution in [-0.4, -0.2) is 34.7 Å². The molecule has 0 bridgehead atoms. The third kappa shape index (κ3) is 5.55. The molecular formula is C28H29O5P. The van der Waals surface area contributed by atoms with Crippen LogP contribution in [0.3, 0.4) is 0 Å². The molecular weight excluding hydrogens is 447 g/mol. The van der Waals surface area contributed by atoms with Crippen LogP contribution in [0.5, 0.6) is 0 Å². The first-order valence-corrected chi connectivity index (χ1v) is 13.2. The Balaban J connectivity index is 2.39. The van der Waals surface area contributed by atoms with Crippen LogP contribution in [0, 0.1) is 0 Å². The fourth-order valence-electron chi connectivity index (χ4n) is 4.11. The van der Waals surface area contributed by atoms with Gasteiger partial charge in [-0.15, -0.1) is 0 Å². The molecule has 0 unspecified atom stereocenters. The molecule has 0 aliphatic rings. The van der Waals surface area contributed by atoms with Crippen molar-refractivity contribution < 1.29 is 24.2 Å². The maximum atomic E-state index is 13.8. The number of aliphatic carboxylic acids is 1. The second-order valence-electron chi connectivity index (χ2n) is 7.77. The van der Waals surface area contributed by atoms with Crippen molar-refractivity contribution in [2.24, 2.45) is 0 Å². The maximum absolute atomic E-state index is 13.8. The first-order chi connectivity index (χ1) is 16.5. The number of esters is 1. The predicted octanol–water partition coefficient (Wildman–Crippen LogP) is 3.93. The van der Waals surface area contributed by atoms with Crippen molar-refractivity contribution in [3.05, 3.63) is 91.0 Å². The maximum Gasteiger partial charge on any atom is 0.342 e. The van der Waals surface area contributed by atoms with Gasteiger partial charge < -0.3 is 9.84 Å². The van der Waals surface area contributed by atoms with E-state index in [0.717, 1.165) is 15.9 Å². The van der Waals surface area contributed by atoms with E-state index in [1.54, 1.807) is 6.92 Å².